The van der Waals surface area contributed by atoms with Gasteiger partial charge in [-0.1, -0.05) is 487 Å². The van der Waals surface area contributed by atoms with Gasteiger partial charge in [-0.3, -0.25) is 0 Å². The first-order chi connectivity index (χ1) is 70.3. The molecule has 0 saturated heterocycles. The Labute approximate surface area is 841 Å². The zero-order valence-corrected chi connectivity index (χ0v) is 80.6. The van der Waals surface area contributed by atoms with Gasteiger partial charge in [-0.2, -0.15) is 0 Å². The van der Waals surface area contributed by atoms with E-state index in [2.05, 4.69) is 581 Å². The van der Waals surface area contributed by atoms with Crippen LogP contribution in [0.3, 0.4) is 0 Å². The number of anilines is 8. The van der Waals surface area contributed by atoms with Gasteiger partial charge < -0.3 is 15.1 Å². The van der Waals surface area contributed by atoms with E-state index in [9.17, 15) is 0 Å². The topological polar surface area (TPSA) is 18.5 Å². The molecule has 29 rings (SSSR count). The lowest BCUT2D eigenvalue weighted by atomic mass is 9.68. The van der Waals surface area contributed by atoms with Crippen LogP contribution in [0.2, 0.25) is 0 Å². The molecule has 0 radical (unpaired) electrons. The summed E-state index contributed by atoms with van der Waals surface area (Å²) in [5.41, 5.74) is 30.7. The van der Waals surface area contributed by atoms with Crippen molar-refractivity contribution in [2.24, 2.45) is 0 Å². The van der Waals surface area contributed by atoms with Crippen molar-refractivity contribution >= 4 is 174 Å². The van der Waals surface area contributed by atoms with Gasteiger partial charge in [0.1, 0.15) is 0 Å². The zero-order valence-electron chi connectivity index (χ0n) is 77.5. The van der Waals surface area contributed by atoms with Crippen LogP contribution >= 0.6 is 31.9 Å². The molecule has 666 valence electrons. The summed E-state index contributed by atoms with van der Waals surface area (Å²) in [6.45, 7) is 0. The van der Waals surface area contributed by atoms with E-state index in [1.807, 2.05) is 0 Å². The highest BCUT2D eigenvalue weighted by molar-refractivity contribution is 9.11. The summed E-state index contributed by atoms with van der Waals surface area (Å²) in [6.07, 6.45) is 0. The van der Waals surface area contributed by atoms with E-state index < -0.39 is 10.8 Å². The van der Waals surface area contributed by atoms with Gasteiger partial charge in [0.15, 0.2) is 0 Å². The molecule has 0 atom stereocenters. The summed E-state index contributed by atoms with van der Waals surface area (Å²) in [5, 5.41) is 26.0. The molecule has 0 unspecified atom stereocenters. The van der Waals surface area contributed by atoms with Crippen LogP contribution in [-0.4, -0.2) is 0 Å². The van der Waals surface area contributed by atoms with Gasteiger partial charge in [0, 0.05) is 58.6 Å². The minimum Gasteiger partial charge on any atom is -0.355 e. The number of benzene rings is 26. The lowest BCUT2D eigenvalue weighted by molar-refractivity contribution is 0.768. The SMILES string of the molecule is Brc1ccc2ccc3c(Br)ccc4ccc1c2c43.c1ccc(C2(c3ccc(N(c4cccc5ccccc45)c4ccc5ccc6c(N(c7ccc(C8(c9ccccc9)c9ccccc9-c9ccccc98)cc7)c7cccc8ccccc78)ccc7ccc4c5c76)cc3)c3ccccc3-c3ccccc32)cc1.c1ccc(C2(c3ccc(Nc4cccc5ccccc45)cc3)c3ccccc3-c3ccccc32)cc1. The maximum absolute atomic E-state index is 3.66. The van der Waals surface area contributed by atoms with E-state index in [1.54, 1.807) is 0 Å². The van der Waals surface area contributed by atoms with Crippen molar-refractivity contribution in [3.63, 3.8) is 0 Å². The van der Waals surface area contributed by atoms with Crippen molar-refractivity contribution < 1.29 is 0 Å². The van der Waals surface area contributed by atoms with Crippen molar-refractivity contribution in [2.75, 3.05) is 15.1 Å². The first-order valence-corrected chi connectivity index (χ1v) is 50.5. The fraction of sp³-hybridized carbons (Fsp3) is 0.0219. The Hall–Kier alpha value is -17.1. The average Bonchev–Trinajstić information content (AvgIpc) is 1.56. The van der Waals surface area contributed by atoms with Crippen LogP contribution in [0.25, 0.3) is 130 Å². The summed E-state index contributed by atoms with van der Waals surface area (Å²) in [4.78, 5) is 5.02. The highest BCUT2D eigenvalue weighted by Gasteiger charge is 2.49. The highest BCUT2D eigenvalue weighted by Crippen LogP contribution is 2.62. The third-order valence-corrected chi connectivity index (χ3v) is 32.0. The number of hydrogen-bond donors (Lipinski definition) is 1. The van der Waals surface area contributed by atoms with Crippen molar-refractivity contribution in [3.8, 4) is 33.4 Å². The van der Waals surface area contributed by atoms with Gasteiger partial charge in [0.05, 0.1) is 39.0 Å². The van der Waals surface area contributed by atoms with Gasteiger partial charge in [-0.25, -0.2) is 0 Å². The summed E-state index contributed by atoms with van der Waals surface area (Å²) >= 11 is 7.30. The van der Waals surface area contributed by atoms with Crippen molar-refractivity contribution in [1.29, 1.82) is 0 Å². The Balaban J connectivity index is 0.000000151. The molecule has 142 heavy (non-hydrogen) atoms. The molecular formula is C137H89Br2N3. The molecule has 3 aliphatic rings. The second-order valence-corrected chi connectivity index (χ2v) is 39.4. The minimum absolute atomic E-state index is 0.355. The molecule has 0 spiro atoms. The first kappa shape index (κ1) is 84.2. The molecule has 0 saturated carbocycles. The Kier molecular flexibility index (Phi) is 20.3. The van der Waals surface area contributed by atoms with E-state index in [0.29, 0.717) is 0 Å². The third kappa shape index (κ3) is 13.1. The molecule has 0 amide bonds. The Bertz CT molecular complexity index is 8860. The fourth-order valence-corrected chi connectivity index (χ4v) is 25.6. The highest BCUT2D eigenvalue weighted by atomic mass is 79.9. The van der Waals surface area contributed by atoms with Crippen LogP contribution in [0.1, 0.15) is 66.8 Å². The van der Waals surface area contributed by atoms with E-state index in [0.717, 1.165) is 54.4 Å². The number of hydrogen-bond acceptors (Lipinski definition) is 3. The zero-order chi connectivity index (χ0) is 94.1. The van der Waals surface area contributed by atoms with Crippen LogP contribution in [0.15, 0.2) is 543 Å². The van der Waals surface area contributed by atoms with E-state index in [4.69, 9.17) is 0 Å². The van der Waals surface area contributed by atoms with Gasteiger partial charge in [-0.15, -0.1) is 0 Å². The Morgan fingerprint density at radius 3 is 0.761 bits per heavy atom. The van der Waals surface area contributed by atoms with Crippen LogP contribution in [-0.2, 0) is 16.2 Å². The summed E-state index contributed by atoms with van der Waals surface area (Å²) < 4.78 is 2.31. The number of nitrogens with zero attached hydrogens (tertiary/aromatic N) is 2. The molecule has 1 N–H and O–H groups in total. The molecule has 0 bridgehead atoms. The summed E-state index contributed by atoms with van der Waals surface area (Å²) in [5.74, 6) is 0. The second-order valence-electron chi connectivity index (χ2n) is 37.7. The quantitative estimate of drug-likeness (QED) is 0.110. The number of fused-ring (bicyclic) bond motifs is 12. The molecule has 26 aromatic carbocycles. The van der Waals surface area contributed by atoms with Crippen LogP contribution in [0.4, 0.5) is 45.5 Å². The third-order valence-electron chi connectivity index (χ3n) is 30.7. The monoisotopic (exact) mass is 1930 g/mol. The predicted octanol–water partition coefficient (Wildman–Crippen LogP) is 37.6. The summed E-state index contributed by atoms with van der Waals surface area (Å²) in [6, 6.07) is 197. The molecular weight excluding hydrogens is 1850 g/mol. The Morgan fingerprint density at radius 2 is 0.408 bits per heavy atom. The van der Waals surface area contributed by atoms with Gasteiger partial charge in [0.2, 0.25) is 0 Å². The van der Waals surface area contributed by atoms with Crippen molar-refractivity contribution in [2.45, 2.75) is 16.2 Å². The maximum atomic E-state index is 3.66. The van der Waals surface area contributed by atoms with Crippen LogP contribution in [0.5, 0.6) is 0 Å². The molecule has 5 heteroatoms. The lowest BCUT2D eigenvalue weighted by Crippen LogP contribution is -2.28. The maximum Gasteiger partial charge on any atom is 0.0713 e. The van der Waals surface area contributed by atoms with Crippen LogP contribution < -0.4 is 15.1 Å². The molecule has 3 nitrogen and oxygen atoms in total. The lowest BCUT2D eigenvalue weighted by Gasteiger charge is -2.35. The number of rotatable bonds is 14. The minimum atomic E-state index is -0.511. The molecule has 0 aromatic heterocycles. The standard InChI is InChI=1S/C86H56N2.C35H25N.C16H8Br2/c1-3-25-61(26-4-1)85(75-35-15-11-31-69(75)70-32-12-16-36-76(70)85)63-45-49-65(50-46-63)87(79-39-19-23-57-21-7-9-29-67(57)79)81-55-43-59-42-54-74-82(56-44-60-41-53-73(81)83(59)84(60)74)88(80-40-20-24-58-22-8-10-30-68(58)80)66-51-47-64(48-52-66)86(62-27-5-2-6-28-62)77-37-17-13-33-71(77)72-34-14-18-38-78(72)86;1-2-13-26(14-3-1)35(32-18-8-6-16-30(32)31-17-7-9-19-33(31)35)27-21-23-28(24-22-27)36-34-20-10-12-25-11-4-5-15-29(25)34;17-13-8-4-10-2-6-12-14(18)7-3-9-1-5-11(13)16(10)15(9)12/h1-56H;1-24,36H;1-8H. The molecule has 0 heterocycles. The predicted molar refractivity (Wildman–Crippen MR) is 606 cm³/mol. The van der Waals surface area contributed by atoms with Crippen molar-refractivity contribution in [1.82, 2.24) is 0 Å². The smallest absolute Gasteiger partial charge is 0.0713 e. The normalized spacial score (nSPS) is 13.2. The molecule has 3 aliphatic carbocycles. The molecule has 0 fully saturated rings. The van der Waals surface area contributed by atoms with E-state index in [-0.39, 0.29) is 5.41 Å². The Morgan fingerprint density at radius 1 is 0.162 bits per heavy atom. The van der Waals surface area contributed by atoms with Gasteiger partial charge >= 0.3 is 0 Å². The van der Waals surface area contributed by atoms with Crippen molar-refractivity contribution in [3.05, 3.63) is 610 Å². The van der Waals surface area contributed by atoms with Gasteiger partial charge in [-0.05, 0) is 249 Å². The number of nitrogens with one attached hydrogen (secondary N) is 1. The second kappa shape index (κ2) is 34.2. The fourth-order valence-electron chi connectivity index (χ4n) is 24.7. The summed E-state index contributed by atoms with van der Waals surface area (Å²) in [7, 11) is 0. The number of halogens is 2. The van der Waals surface area contributed by atoms with Crippen LogP contribution in [0, 0.1) is 0 Å². The molecule has 26 aromatic rings. The van der Waals surface area contributed by atoms with E-state index in [1.165, 1.54) is 197 Å². The van der Waals surface area contributed by atoms with Gasteiger partial charge in [0.25, 0.3) is 0 Å². The average molecular weight is 1940 g/mol. The molecule has 0 aliphatic heterocycles. The van der Waals surface area contributed by atoms with E-state index >= 15 is 0 Å². The largest absolute Gasteiger partial charge is 0.355 e. The first-order valence-electron chi connectivity index (χ1n) is 48.9.